The van der Waals surface area contributed by atoms with Crippen LogP contribution in [0.4, 0.5) is 5.69 Å². The predicted octanol–water partition coefficient (Wildman–Crippen LogP) is 3.42. The van der Waals surface area contributed by atoms with Crippen molar-refractivity contribution in [3.8, 4) is 0 Å². The average molecular weight is 301 g/mol. The maximum atomic E-state index is 11.9. The van der Waals surface area contributed by atoms with Crippen molar-refractivity contribution in [1.82, 2.24) is 0 Å². The minimum absolute atomic E-state index is 0.0396. The molecule has 5 heteroatoms. The molecule has 2 rings (SSSR count). The van der Waals surface area contributed by atoms with E-state index in [0.29, 0.717) is 12.1 Å². The van der Waals surface area contributed by atoms with Crippen molar-refractivity contribution in [3.05, 3.63) is 58.3 Å². The molecule has 1 aromatic carbocycles. The van der Waals surface area contributed by atoms with E-state index in [1.165, 1.54) is 6.08 Å². The second-order valence-corrected chi connectivity index (χ2v) is 5.37. The highest BCUT2D eigenvalue weighted by Gasteiger charge is 2.06. The SMILES string of the molecule is O=C(O)CCc1ccccc1NC(=O)/C=C/c1cccs1. The van der Waals surface area contributed by atoms with E-state index in [0.717, 1.165) is 10.4 Å². The fourth-order valence-electron chi connectivity index (χ4n) is 1.82. The number of rotatable bonds is 6. The minimum atomic E-state index is -0.853. The van der Waals surface area contributed by atoms with E-state index in [1.807, 2.05) is 35.7 Å². The fraction of sp³-hybridized carbons (Fsp3) is 0.125. The number of hydrogen-bond acceptors (Lipinski definition) is 3. The molecular formula is C16H15NO3S. The lowest BCUT2D eigenvalue weighted by atomic mass is 10.1. The van der Waals surface area contributed by atoms with Crippen LogP contribution in [0, 0.1) is 0 Å². The van der Waals surface area contributed by atoms with Crippen molar-refractivity contribution < 1.29 is 14.7 Å². The minimum Gasteiger partial charge on any atom is -0.481 e. The van der Waals surface area contributed by atoms with Gasteiger partial charge >= 0.3 is 5.97 Å². The van der Waals surface area contributed by atoms with Crippen LogP contribution < -0.4 is 5.32 Å². The first-order chi connectivity index (χ1) is 10.1. The number of nitrogens with one attached hydrogen (secondary N) is 1. The molecule has 21 heavy (non-hydrogen) atoms. The first kappa shape index (κ1) is 15.0. The zero-order valence-corrected chi connectivity index (χ0v) is 12.1. The Morgan fingerprint density at radius 1 is 1.19 bits per heavy atom. The normalized spacial score (nSPS) is 10.7. The molecule has 0 aliphatic rings. The van der Waals surface area contributed by atoms with Gasteiger partial charge in [-0.15, -0.1) is 11.3 Å². The molecule has 108 valence electrons. The van der Waals surface area contributed by atoms with Gasteiger partial charge in [0, 0.05) is 23.1 Å². The number of carbonyl (C=O) groups is 2. The summed E-state index contributed by atoms with van der Waals surface area (Å²) >= 11 is 1.55. The standard InChI is InChI=1S/C16H15NO3S/c18-15(9-8-13-5-3-11-21-13)17-14-6-2-1-4-12(14)7-10-16(19)20/h1-6,8-9,11H,7,10H2,(H,17,18)(H,19,20)/b9-8+. The molecule has 2 N–H and O–H groups in total. The Bertz CT molecular complexity index is 647. The van der Waals surface area contributed by atoms with Crippen molar-refractivity contribution >= 4 is 35.0 Å². The zero-order valence-electron chi connectivity index (χ0n) is 11.3. The molecule has 0 unspecified atom stereocenters. The van der Waals surface area contributed by atoms with E-state index in [4.69, 9.17) is 5.11 Å². The number of hydrogen-bond donors (Lipinski definition) is 2. The maximum absolute atomic E-state index is 11.9. The van der Waals surface area contributed by atoms with Gasteiger partial charge in [0.15, 0.2) is 0 Å². The highest BCUT2D eigenvalue weighted by molar-refractivity contribution is 7.10. The van der Waals surface area contributed by atoms with E-state index in [9.17, 15) is 9.59 Å². The summed E-state index contributed by atoms with van der Waals surface area (Å²) in [5.74, 6) is -1.08. The first-order valence-corrected chi connectivity index (χ1v) is 7.35. The van der Waals surface area contributed by atoms with Crippen molar-refractivity contribution in [3.63, 3.8) is 0 Å². The van der Waals surface area contributed by atoms with Crippen LogP contribution in [0.1, 0.15) is 16.9 Å². The number of amides is 1. The molecule has 0 radical (unpaired) electrons. The van der Waals surface area contributed by atoms with E-state index in [1.54, 1.807) is 23.5 Å². The number of carboxylic acids is 1. The van der Waals surface area contributed by atoms with Crippen LogP contribution in [-0.4, -0.2) is 17.0 Å². The van der Waals surface area contributed by atoms with E-state index in [2.05, 4.69) is 5.32 Å². The van der Waals surface area contributed by atoms with Gasteiger partial charge in [0.25, 0.3) is 0 Å². The number of benzene rings is 1. The lowest BCUT2D eigenvalue weighted by Gasteiger charge is -2.08. The van der Waals surface area contributed by atoms with Gasteiger partial charge in [-0.1, -0.05) is 24.3 Å². The van der Waals surface area contributed by atoms with Gasteiger partial charge in [0.1, 0.15) is 0 Å². The van der Waals surface area contributed by atoms with Gasteiger partial charge < -0.3 is 10.4 Å². The third kappa shape index (κ3) is 4.89. The van der Waals surface area contributed by atoms with Gasteiger partial charge in [0.2, 0.25) is 5.91 Å². The number of aryl methyl sites for hydroxylation is 1. The number of para-hydroxylation sites is 1. The van der Waals surface area contributed by atoms with E-state index in [-0.39, 0.29) is 12.3 Å². The molecule has 2 aromatic rings. The van der Waals surface area contributed by atoms with E-state index < -0.39 is 5.97 Å². The van der Waals surface area contributed by atoms with Crippen LogP contribution in [0.15, 0.2) is 47.9 Å². The average Bonchev–Trinajstić information content (AvgIpc) is 2.97. The molecule has 1 amide bonds. The number of anilines is 1. The molecular weight excluding hydrogens is 286 g/mol. The van der Waals surface area contributed by atoms with Crippen molar-refractivity contribution in [2.75, 3.05) is 5.32 Å². The molecule has 0 fully saturated rings. The number of thiophene rings is 1. The second-order valence-electron chi connectivity index (χ2n) is 4.39. The summed E-state index contributed by atoms with van der Waals surface area (Å²) in [5.41, 5.74) is 1.47. The maximum Gasteiger partial charge on any atom is 0.303 e. The highest BCUT2D eigenvalue weighted by atomic mass is 32.1. The number of carboxylic acid groups (broad SMARTS) is 1. The molecule has 0 aliphatic heterocycles. The largest absolute Gasteiger partial charge is 0.481 e. The predicted molar refractivity (Wildman–Crippen MR) is 84.4 cm³/mol. The summed E-state index contributed by atoms with van der Waals surface area (Å²) in [5, 5.41) is 13.5. The van der Waals surface area contributed by atoms with Gasteiger partial charge in [-0.05, 0) is 35.6 Å². The third-order valence-corrected chi connectivity index (χ3v) is 3.66. The lowest BCUT2D eigenvalue weighted by Crippen LogP contribution is -2.10. The van der Waals surface area contributed by atoms with Crippen LogP contribution >= 0.6 is 11.3 Å². The van der Waals surface area contributed by atoms with Crippen LogP contribution in [0.25, 0.3) is 6.08 Å². The zero-order chi connectivity index (χ0) is 15.1. The number of aliphatic carboxylic acids is 1. The summed E-state index contributed by atoms with van der Waals surface area (Å²) in [4.78, 5) is 23.5. The number of carbonyl (C=O) groups excluding carboxylic acids is 1. The topological polar surface area (TPSA) is 66.4 Å². The fourth-order valence-corrected chi connectivity index (χ4v) is 2.44. The molecule has 4 nitrogen and oxygen atoms in total. The Morgan fingerprint density at radius 3 is 2.71 bits per heavy atom. The Balaban J connectivity index is 2.01. The lowest BCUT2D eigenvalue weighted by molar-refractivity contribution is -0.136. The van der Waals surface area contributed by atoms with Crippen LogP contribution in [0.3, 0.4) is 0 Å². The van der Waals surface area contributed by atoms with Crippen molar-refractivity contribution in [2.45, 2.75) is 12.8 Å². The van der Waals surface area contributed by atoms with Crippen LogP contribution in [0.2, 0.25) is 0 Å². The first-order valence-electron chi connectivity index (χ1n) is 6.47. The van der Waals surface area contributed by atoms with Gasteiger partial charge in [-0.25, -0.2) is 0 Å². The van der Waals surface area contributed by atoms with Crippen LogP contribution in [-0.2, 0) is 16.0 Å². The molecule has 0 atom stereocenters. The summed E-state index contributed by atoms with van der Waals surface area (Å²) in [7, 11) is 0. The Kier molecular flexibility index (Phi) is 5.29. The Morgan fingerprint density at radius 2 is 2.00 bits per heavy atom. The van der Waals surface area contributed by atoms with Gasteiger partial charge in [-0.2, -0.15) is 0 Å². The molecule has 0 spiro atoms. The summed E-state index contributed by atoms with van der Waals surface area (Å²) < 4.78 is 0. The third-order valence-electron chi connectivity index (χ3n) is 2.83. The van der Waals surface area contributed by atoms with Crippen molar-refractivity contribution in [1.29, 1.82) is 0 Å². The van der Waals surface area contributed by atoms with E-state index >= 15 is 0 Å². The van der Waals surface area contributed by atoms with Crippen molar-refractivity contribution in [2.24, 2.45) is 0 Å². The summed E-state index contributed by atoms with van der Waals surface area (Å²) in [6, 6.07) is 11.1. The molecule has 1 aromatic heterocycles. The monoisotopic (exact) mass is 301 g/mol. The quantitative estimate of drug-likeness (QED) is 0.803. The molecule has 0 saturated heterocycles. The van der Waals surface area contributed by atoms with Gasteiger partial charge in [-0.3, -0.25) is 9.59 Å². The van der Waals surface area contributed by atoms with Crippen LogP contribution in [0.5, 0.6) is 0 Å². The molecule has 0 saturated carbocycles. The molecule has 0 bridgehead atoms. The van der Waals surface area contributed by atoms with Gasteiger partial charge in [0.05, 0.1) is 0 Å². The highest BCUT2D eigenvalue weighted by Crippen LogP contribution is 2.17. The molecule has 0 aliphatic carbocycles. The smallest absolute Gasteiger partial charge is 0.303 e. The Labute approximate surface area is 126 Å². The summed E-state index contributed by atoms with van der Waals surface area (Å²) in [6.07, 6.45) is 3.65. The Hall–Kier alpha value is -2.40. The molecule has 1 heterocycles. The summed E-state index contributed by atoms with van der Waals surface area (Å²) in [6.45, 7) is 0. The second kappa shape index (κ2) is 7.40.